The summed E-state index contributed by atoms with van der Waals surface area (Å²) in [6, 6.07) is 8.27. The second-order valence-corrected chi connectivity index (χ2v) is 4.64. The highest BCUT2D eigenvalue weighted by Crippen LogP contribution is 2.22. The minimum atomic E-state index is -0.907. The van der Waals surface area contributed by atoms with Crippen molar-refractivity contribution in [1.82, 2.24) is 5.32 Å². The van der Waals surface area contributed by atoms with E-state index >= 15 is 0 Å². The number of carboxylic acid groups (broad SMARTS) is 1. The van der Waals surface area contributed by atoms with Crippen LogP contribution >= 0.6 is 11.8 Å². The number of rotatable bonds is 3. The van der Waals surface area contributed by atoms with Crippen molar-refractivity contribution in [2.45, 2.75) is 11.4 Å². The Balaban J connectivity index is 2.05. The van der Waals surface area contributed by atoms with E-state index in [2.05, 4.69) is 5.32 Å². The third-order valence-corrected chi connectivity index (χ3v) is 3.59. The molecule has 2 rings (SSSR count). The summed E-state index contributed by atoms with van der Waals surface area (Å²) in [5, 5.41) is 11.2. The van der Waals surface area contributed by atoms with Gasteiger partial charge in [0.15, 0.2) is 5.78 Å². The van der Waals surface area contributed by atoms with E-state index in [1.54, 1.807) is 24.3 Å². The van der Waals surface area contributed by atoms with E-state index in [0.29, 0.717) is 11.3 Å². The highest BCUT2D eigenvalue weighted by atomic mass is 32.2. The summed E-state index contributed by atoms with van der Waals surface area (Å²) < 4.78 is 0. The monoisotopic (exact) mass is 237 g/mol. The smallest absolute Gasteiger partial charge is 0.321 e. The third-order valence-electron chi connectivity index (χ3n) is 2.38. The predicted molar refractivity (Wildman–Crippen MR) is 61.6 cm³/mol. The fourth-order valence-corrected chi connectivity index (χ4v) is 2.69. The minimum Gasteiger partial charge on any atom is -0.480 e. The molecule has 4 nitrogen and oxygen atoms in total. The van der Waals surface area contributed by atoms with Gasteiger partial charge in [-0.05, 0) is 0 Å². The summed E-state index contributed by atoms with van der Waals surface area (Å²) in [4.78, 5) is 22.7. The van der Waals surface area contributed by atoms with Gasteiger partial charge in [-0.3, -0.25) is 14.9 Å². The minimum absolute atomic E-state index is 0.0608. The first-order valence-electron chi connectivity index (χ1n) is 4.88. The van der Waals surface area contributed by atoms with Crippen LogP contribution in [0.2, 0.25) is 0 Å². The van der Waals surface area contributed by atoms with Crippen molar-refractivity contribution in [2.75, 3.05) is 5.75 Å². The van der Waals surface area contributed by atoms with Gasteiger partial charge in [-0.15, -0.1) is 11.8 Å². The van der Waals surface area contributed by atoms with Crippen molar-refractivity contribution >= 4 is 23.5 Å². The molecule has 0 amide bonds. The van der Waals surface area contributed by atoms with Gasteiger partial charge in [-0.1, -0.05) is 30.3 Å². The number of carbonyl (C=O) groups is 2. The number of Topliss-reactive ketones (excluding diaryl/α,β-unsaturated/α-hetero) is 1. The maximum atomic E-state index is 11.9. The molecule has 1 aliphatic heterocycles. The van der Waals surface area contributed by atoms with E-state index in [1.165, 1.54) is 11.8 Å². The van der Waals surface area contributed by atoms with Gasteiger partial charge in [0.05, 0.1) is 0 Å². The number of ketones is 1. The molecule has 5 heteroatoms. The van der Waals surface area contributed by atoms with Gasteiger partial charge < -0.3 is 5.11 Å². The van der Waals surface area contributed by atoms with Crippen LogP contribution in [-0.2, 0) is 4.79 Å². The molecule has 1 heterocycles. The lowest BCUT2D eigenvalue weighted by molar-refractivity contribution is -0.138. The summed E-state index contributed by atoms with van der Waals surface area (Å²) in [6.45, 7) is 0. The molecule has 0 radical (unpaired) electrons. The molecule has 84 valence electrons. The Morgan fingerprint density at radius 2 is 2.00 bits per heavy atom. The van der Waals surface area contributed by atoms with Crippen LogP contribution in [-0.4, -0.2) is 34.0 Å². The van der Waals surface area contributed by atoms with E-state index in [1.807, 2.05) is 6.07 Å². The summed E-state index contributed by atoms with van der Waals surface area (Å²) in [6.07, 6.45) is 0. The molecule has 1 aliphatic rings. The lowest BCUT2D eigenvalue weighted by atomic mass is 10.1. The Hall–Kier alpha value is -1.33. The van der Waals surface area contributed by atoms with Crippen molar-refractivity contribution in [3.8, 4) is 0 Å². The third kappa shape index (κ3) is 2.25. The first-order chi connectivity index (χ1) is 7.68. The Morgan fingerprint density at radius 3 is 2.56 bits per heavy atom. The average molecular weight is 237 g/mol. The maximum absolute atomic E-state index is 11.9. The van der Waals surface area contributed by atoms with Gasteiger partial charge in [0.25, 0.3) is 0 Å². The first kappa shape index (κ1) is 11.2. The Labute approximate surface area is 97.0 Å². The lowest BCUT2D eigenvalue weighted by Gasteiger charge is -2.09. The summed E-state index contributed by atoms with van der Waals surface area (Å²) in [7, 11) is 0. The molecule has 2 atom stereocenters. The molecule has 0 aliphatic carbocycles. The number of aliphatic carboxylic acids is 1. The molecule has 2 N–H and O–H groups in total. The van der Waals surface area contributed by atoms with Crippen molar-refractivity contribution in [2.24, 2.45) is 0 Å². The number of thioether (sulfide) groups is 1. The highest BCUT2D eigenvalue weighted by Gasteiger charge is 2.33. The highest BCUT2D eigenvalue weighted by molar-refractivity contribution is 8.00. The summed E-state index contributed by atoms with van der Waals surface area (Å²) in [5.74, 6) is -0.538. The van der Waals surface area contributed by atoms with Gasteiger partial charge in [0.1, 0.15) is 11.4 Å². The van der Waals surface area contributed by atoms with Gasteiger partial charge in [0.2, 0.25) is 0 Å². The van der Waals surface area contributed by atoms with Crippen molar-refractivity contribution in [1.29, 1.82) is 0 Å². The van der Waals surface area contributed by atoms with Gasteiger partial charge >= 0.3 is 5.97 Å². The van der Waals surface area contributed by atoms with Crippen LogP contribution in [0.4, 0.5) is 0 Å². The number of hydrogen-bond acceptors (Lipinski definition) is 4. The Bertz CT molecular complexity index is 407. The van der Waals surface area contributed by atoms with Crippen LogP contribution in [0.1, 0.15) is 10.4 Å². The molecule has 0 saturated carbocycles. The molecule has 0 spiro atoms. The van der Waals surface area contributed by atoms with Crippen LogP contribution in [0.15, 0.2) is 30.3 Å². The quantitative estimate of drug-likeness (QED) is 0.767. The van der Waals surface area contributed by atoms with Gasteiger partial charge in [-0.2, -0.15) is 0 Å². The molecular weight excluding hydrogens is 226 g/mol. The summed E-state index contributed by atoms with van der Waals surface area (Å²) >= 11 is 1.34. The van der Waals surface area contributed by atoms with E-state index in [0.717, 1.165) is 0 Å². The zero-order valence-electron chi connectivity index (χ0n) is 8.42. The lowest BCUT2D eigenvalue weighted by Crippen LogP contribution is -2.39. The Morgan fingerprint density at radius 1 is 1.31 bits per heavy atom. The fraction of sp³-hybridized carbons (Fsp3) is 0.273. The van der Waals surface area contributed by atoms with Crippen molar-refractivity contribution < 1.29 is 14.7 Å². The molecule has 1 saturated heterocycles. The molecule has 1 aromatic carbocycles. The zero-order chi connectivity index (χ0) is 11.5. The van der Waals surface area contributed by atoms with Crippen molar-refractivity contribution in [3.63, 3.8) is 0 Å². The fourth-order valence-electron chi connectivity index (χ4n) is 1.52. The molecule has 16 heavy (non-hydrogen) atoms. The molecule has 2 unspecified atom stereocenters. The number of benzene rings is 1. The van der Waals surface area contributed by atoms with Crippen LogP contribution in [0.5, 0.6) is 0 Å². The molecule has 1 fully saturated rings. The number of carboxylic acids is 1. The molecule has 1 aromatic rings. The van der Waals surface area contributed by atoms with Gasteiger partial charge in [-0.25, -0.2) is 0 Å². The first-order valence-corrected chi connectivity index (χ1v) is 5.93. The van der Waals surface area contributed by atoms with E-state index in [9.17, 15) is 9.59 Å². The standard InChI is InChI=1S/C11H11NO3S/c13-9(7-4-2-1-3-5-7)10-12-8(6-16-10)11(14)15/h1-5,8,10,12H,6H2,(H,14,15). The predicted octanol–water partition coefficient (Wildman–Crippen LogP) is 0.985. The topological polar surface area (TPSA) is 66.4 Å². The second-order valence-electron chi connectivity index (χ2n) is 3.50. The molecule has 0 bridgehead atoms. The normalized spacial score (nSPS) is 24.2. The Kier molecular flexibility index (Phi) is 3.26. The van der Waals surface area contributed by atoms with E-state index < -0.39 is 17.4 Å². The second kappa shape index (κ2) is 4.67. The largest absolute Gasteiger partial charge is 0.480 e. The van der Waals surface area contributed by atoms with Crippen molar-refractivity contribution in [3.05, 3.63) is 35.9 Å². The van der Waals surface area contributed by atoms with Crippen LogP contribution < -0.4 is 5.32 Å². The molecular formula is C11H11NO3S. The number of nitrogens with one attached hydrogen (secondary N) is 1. The maximum Gasteiger partial charge on any atom is 0.321 e. The van der Waals surface area contributed by atoms with Crippen LogP contribution in [0.3, 0.4) is 0 Å². The number of carbonyl (C=O) groups excluding carboxylic acids is 1. The number of hydrogen-bond donors (Lipinski definition) is 2. The van der Waals surface area contributed by atoms with Crippen LogP contribution in [0, 0.1) is 0 Å². The van der Waals surface area contributed by atoms with E-state index in [4.69, 9.17) is 5.11 Å². The van der Waals surface area contributed by atoms with E-state index in [-0.39, 0.29) is 5.78 Å². The average Bonchev–Trinajstić information content (AvgIpc) is 2.78. The van der Waals surface area contributed by atoms with Gasteiger partial charge in [0, 0.05) is 11.3 Å². The molecule has 0 aromatic heterocycles. The van der Waals surface area contributed by atoms with Crippen LogP contribution in [0.25, 0.3) is 0 Å². The zero-order valence-corrected chi connectivity index (χ0v) is 9.24. The summed E-state index contributed by atoms with van der Waals surface area (Å²) in [5.41, 5.74) is 0.610. The SMILES string of the molecule is O=C(O)C1CSC(C(=O)c2ccccc2)N1.